The fraction of sp³-hybridized carbons (Fsp3) is 0.222. The van der Waals surface area contributed by atoms with Crippen LogP contribution in [0.25, 0.3) is 0 Å². The Morgan fingerprint density at radius 3 is 2.71 bits per heavy atom. The first-order chi connectivity index (χ1) is 11.5. The first-order valence-corrected chi connectivity index (χ1v) is 8.43. The number of ether oxygens (including phenoxy) is 1. The van der Waals surface area contributed by atoms with Crippen molar-refractivity contribution in [3.63, 3.8) is 0 Å². The van der Waals surface area contributed by atoms with Crippen LogP contribution in [0.1, 0.15) is 13.3 Å². The quantitative estimate of drug-likeness (QED) is 0.873. The number of halogens is 1. The Morgan fingerprint density at radius 1 is 1.25 bits per heavy atom. The average molecular weight is 389 g/mol. The van der Waals surface area contributed by atoms with Crippen LogP contribution < -0.4 is 15.0 Å². The molecule has 24 heavy (non-hydrogen) atoms. The summed E-state index contributed by atoms with van der Waals surface area (Å²) in [5.74, 6) is 0.338. The maximum absolute atomic E-state index is 12.7. The highest BCUT2D eigenvalue weighted by Gasteiger charge is 2.29. The number of benzene rings is 2. The first-order valence-electron chi connectivity index (χ1n) is 7.64. The van der Waals surface area contributed by atoms with E-state index in [0.717, 1.165) is 4.47 Å². The summed E-state index contributed by atoms with van der Waals surface area (Å²) < 4.78 is 6.53. The molecule has 0 aromatic heterocycles. The Kier molecular flexibility index (Phi) is 4.85. The van der Waals surface area contributed by atoms with E-state index in [1.807, 2.05) is 37.3 Å². The van der Waals surface area contributed by atoms with Crippen molar-refractivity contribution in [1.29, 1.82) is 0 Å². The normalized spacial score (nSPS) is 16.8. The van der Waals surface area contributed by atoms with Gasteiger partial charge < -0.3 is 15.0 Å². The molecule has 2 aromatic carbocycles. The van der Waals surface area contributed by atoms with Gasteiger partial charge in [0.15, 0.2) is 6.61 Å². The van der Waals surface area contributed by atoms with Crippen molar-refractivity contribution in [2.75, 3.05) is 16.8 Å². The Bertz CT molecular complexity index is 761. The summed E-state index contributed by atoms with van der Waals surface area (Å²) >= 11 is 3.36. The zero-order valence-electron chi connectivity index (χ0n) is 13.2. The zero-order valence-corrected chi connectivity index (χ0v) is 14.7. The molecular weight excluding hydrogens is 372 g/mol. The van der Waals surface area contributed by atoms with E-state index in [1.165, 1.54) is 0 Å². The maximum atomic E-state index is 12.7. The molecule has 1 atom stereocenters. The van der Waals surface area contributed by atoms with Crippen LogP contribution in [0.15, 0.2) is 53.0 Å². The molecule has 6 heteroatoms. The van der Waals surface area contributed by atoms with Crippen LogP contribution in [0, 0.1) is 0 Å². The monoisotopic (exact) mass is 388 g/mol. The highest BCUT2D eigenvalue weighted by atomic mass is 79.9. The maximum Gasteiger partial charge on any atom is 0.265 e. The van der Waals surface area contributed by atoms with E-state index in [2.05, 4.69) is 21.2 Å². The fourth-order valence-electron chi connectivity index (χ4n) is 2.71. The summed E-state index contributed by atoms with van der Waals surface area (Å²) in [6.07, 6.45) is 0.249. The Labute approximate surface area is 148 Å². The third-order valence-corrected chi connectivity index (χ3v) is 4.33. The van der Waals surface area contributed by atoms with Crippen molar-refractivity contribution in [3.8, 4) is 5.75 Å². The van der Waals surface area contributed by atoms with Crippen molar-refractivity contribution in [3.05, 3.63) is 53.0 Å². The molecular formula is C18H17BrN2O3. The molecule has 0 fully saturated rings. The average Bonchev–Trinajstić information content (AvgIpc) is 2.68. The largest absolute Gasteiger partial charge is 0.484 e. The molecule has 0 aliphatic carbocycles. The van der Waals surface area contributed by atoms with Gasteiger partial charge in [-0.25, -0.2) is 0 Å². The molecule has 124 valence electrons. The number of carbonyl (C=O) groups is 2. The van der Waals surface area contributed by atoms with Gasteiger partial charge in [0.2, 0.25) is 5.91 Å². The van der Waals surface area contributed by atoms with Gasteiger partial charge >= 0.3 is 0 Å². The molecule has 1 heterocycles. The molecule has 5 nitrogen and oxygen atoms in total. The second kappa shape index (κ2) is 7.05. The van der Waals surface area contributed by atoms with Gasteiger partial charge in [0.1, 0.15) is 5.75 Å². The number of carbonyl (C=O) groups excluding carboxylic acids is 2. The van der Waals surface area contributed by atoms with Crippen LogP contribution >= 0.6 is 15.9 Å². The lowest BCUT2D eigenvalue weighted by Crippen LogP contribution is -2.41. The van der Waals surface area contributed by atoms with Crippen LogP contribution in [0.4, 0.5) is 11.4 Å². The summed E-state index contributed by atoms with van der Waals surface area (Å²) in [5, 5.41) is 2.84. The number of fused-ring (bicyclic) bond motifs is 1. The minimum atomic E-state index is -0.241. The SMILES string of the molecule is C[C@H]1CC(=O)Nc2ccccc2N1C(=O)COc1ccc(Br)cc1. The Morgan fingerprint density at radius 2 is 1.96 bits per heavy atom. The van der Waals surface area contributed by atoms with E-state index < -0.39 is 0 Å². The van der Waals surface area contributed by atoms with Crippen LogP contribution in [-0.4, -0.2) is 24.5 Å². The second-order valence-corrected chi connectivity index (χ2v) is 6.54. The van der Waals surface area contributed by atoms with Gasteiger partial charge in [-0.05, 0) is 43.3 Å². The standard InChI is InChI=1S/C18H17BrN2O3/c1-12-10-17(22)20-15-4-2-3-5-16(15)21(12)18(23)11-24-14-8-6-13(19)7-9-14/h2-9,12H,10-11H2,1H3,(H,20,22)/t12-/m0/s1. The van der Waals surface area contributed by atoms with E-state index in [0.29, 0.717) is 17.1 Å². The molecule has 2 amide bonds. The van der Waals surface area contributed by atoms with Crippen LogP contribution in [0.3, 0.4) is 0 Å². The summed E-state index contributed by atoms with van der Waals surface area (Å²) in [6.45, 7) is 1.77. The van der Waals surface area contributed by atoms with E-state index in [9.17, 15) is 9.59 Å². The predicted molar refractivity (Wildman–Crippen MR) is 96.3 cm³/mol. The van der Waals surface area contributed by atoms with Gasteiger partial charge in [0.25, 0.3) is 5.91 Å². The van der Waals surface area contributed by atoms with Gasteiger partial charge in [0, 0.05) is 16.9 Å². The molecule has 0 bridgehead atoms. The third kappa shape index (κ3) is 3.59. The molecule has 1 aliphatic heterocycles. The summed E-state index contributed by atoms with van der Waals surface area (Å²) in [5.41, 5.74) is 1.34. The van der Waals surface area contributed by atoms with Crippen molar-refractivity contribution < 1.29 is 14.3 Å². The van der Waals surface area contributed by atoms with Gasteiger partial charge in [-0.1, -0.05) is 28.1 Å². The van der Waals surface area contributed by atoms with E-state index in [1.54, 1.807) is 23.1 Å². The van der Waals surface area contributed by atoms with Crippen LogP contribution in [-0.2, 0) is 9.59 Å². The van der Waals surface area contributed by atoms with E-state index in [4.69, 9.17) is 4.74 Å². The molecule has 0 saturated carbocycles. The fourth-order valence-corrected chi connectivity index (χ4v) is 2.98. The van der Waals surface area contributed by atoms with E-state index >= 15 is 0 Å². The van der Waals surface area contributed by atoms with Gasteiger partial charge in [-0.2, -0.15) is 0 Å². The minimum Gasteiger partial charge on any atom is -0.484 e. The lowest BCUT2D eigenvalue weighted by atomic mass is 10.1. The molecule has 1 aliphatic rings. The van der Waals surface area contributed by atoms with Crippen molar-refractivity contribution in [2.24, 2.45) is 0 Å². The number of anilines is 2. The molecule has 0 saturated heterocycles. The summed E-state index contributed by atoms with van der Waals surface area (Å²) in [7, 11) is 0. The summed E-state index contributed by atoms with van der Waals surface area (Å²) in [6, 6.07) is 14.4. The number of amides is 2. The van der Waals surface area contributed by atoms with Crippen molar-refractivity contribution in [2.45, 2.75) is 19.4 Å². The van der Waals surface area contributed by atoms with Crippen molar-refractivity contribution in [1.82, 2.24) is 0 Å². The smallest absolute Gasteiger partial charge is 0.265 e. The van der Waals surface area contributed by atoms with Gasteiger partial charge in [-0.15, -0.1) is 0 Å². The lowest BCUT2D eigenvalue weighted by molar-refractivity contribution is -0.121. The number of nitrogens with one attached hydrogen (secondary N) is 1. The summed E-state index contributed by atoms with van der Waals surface area (Å²) in [4.78, 5) is 26.3. The minimum absolute atomic E-state index is 0.0888. The van der Waals surface area contributed by atoms with Crippen LogP contribution in [0.5, 0.6) is 5.75 Å². The molecule has 0 spiro atoms. The van der Waals surface area contributed by atoms with Crippen LogP contribution in [0.2, 0.25) is 0 Å². The highest BCUT2D eigenvalue weighted by molar-refractivity contribution is 9.10. The number of nitrogens with zero attached hydrogens (tertiary/aromatic N) is 1. The van der Waals surface area contributed by atoms with Crippen molar-refractivity contribution >= 4 is 39.1 Å². The van der Waals surface area contributed by atoms with E-state index in [-0.39, 0.29) is 30.9 Å². The molecule has 1 N–H and O–H groups in total. The molecule has 0 unspecified atom stereocenters. The molecule has 0 radical (unpaired) electrons. The molecule has 2 aromatic rings. The number of rotatable bonds is 3. The van der Waals surface area contributed by atoms with Gasteiger partial charge in [-0.3, -0.25) is 9.59 Å². The second-order valence-electron chi connectivity index (χ2n) is 5.62. The topological polar surface area (TPSA) is 58.6 Å². The highest BCUT2D eigenvalue weighted by Crippen LogP contribution is 2.31. The first kappa shape index (κ1) is 16.5. The Hall–Kier alpha value is -2.34. The Balaban J connectivity index is 1.79. The van der Waals surface area contributed by atoms with Gasteiger partial charge in [0.05, 0.1) is 11.4 Å². The predicted octanol–water partition coefficient (Wildman–Crippen LogP) is 3.59. The zero-order chi connectivity index (χ0) is 17.1. The lowest BCUT2D eigenvalue weighted by Gasteiger charge is -2.27. The third-order valence-electron chi connectivity index (χ3n) is 3.80. The molecule has 3 rings (SSSR count). The number of hydrogen-bond donors (Lipinski definition) is 1. The number of para-hydroxylation sites is 2. The number of hydrogen-bond acceptors (Lipinski definition) is 3.